The summed E-state index contributed by atoms with van der Waals surface area (Å²) < 4.78 is 5.37. The van der Waals surface area contributed by atoms with Gasteiger partial charge in [-0.15, -0.1) is 0 Å². The van der Waals surface area contributed by atoms with Gasteiger partial charge in [-0.1, -0.05) is 37.1 Å². The Balaban J connectivity index is 1.43. The van der Waals surface area contributed by atoms with Crippen molar-refractivity contribution >= 4 is 5.91 Å². The maximum Gasteiger partial charge on any atom is 0.223 e. The topological polar surface area (TPSA) is 61.8 Å². The van der Waals surface area contributed by atoms with Gasteiger partial charge in [-0.05, 0) is 24.0 Å². The molecule has 5 nitrogen and oxygen atoms in total. The van der Waals surface area contributed by atoms with E-state index in [0.717, 1.165) is 64.1 Å². The van der Waals surface area contributed by atoms with E-state index in [0.29, 0.717) is 6.54 Å². The number of aliphatic hydroxyl groups is 1. The Kier molecular flexibility index (Phi) is 5.87. The van der Waals surface area contributed by atoms with Gasteiger partial charge < -0.3 is 15.2 Å². The number of benzene rings is 1. The van der Waals surface area contributed by atoms with E-state index in [1.165, 1.54) is 5.56 Å². The van der Waals surface area contributed by atoms with Crippen molar-refractivity contribution in [2.45, 2.75) is 50.8 Å². The van der Waals surface area contributed by atoms with Crippen LogP contribution >= 0.6 is 0 Å². The molecule has 1 saturated heterocycles. The number of ether oxygens (including phenoxy) is 1. The van der Waals surface area contributed by atoms with Crippen LogP contribution in [0, 0.1) is 0 Å². The Morgan fingerprint density at radius 3 is 2.42 bits per heavy atom. The Morgan fingerprint density at radius 2 is 1.75 bits per heavy atom. The highest BCUT2D eigenvalue weighted by atomic mass is 16.5. The van der Waals surface area contributed by atoms with Gasteiger partial charge in [0.2, 0.25) is 5.91 Å². The molecular weight excluding hydrogens is 304 g/mol. The number of nitrogens with one attached hydrogen (secondary N) is 1. The Hall–Kier alpha value is -1.43. The van der Waals surface area contributed by atoms with Gasteiger partial charge in [0.05, 0.1) is 25.2 Å². The minimum atomic E-state index is -0.772. The lowest BCUT2D eigenvalue weighted by atomic mass is 9.97. The van der Waals surface area contributed by atoms with Gasteiger partial charge in [0, 0.05) is 26.2 Å². The molecule has 1 aromatic carbocycles. The molecule has 1 amide bonds. The monoisotopic (exact) mass is 332 g/mol. The highest BCUT2D eigenvalue weighted by Crippen LogP contribution is 2.32. The first-order chi connectivity index (χ1) is 11.6. The first-order valence-corrected chi connectivity index (χ1v) is 9.00. The van der Waals surface area contributed by atoms with Gasteiger partial charge in [0.1, 0.15) is 0 Å². The van der Waals surface area contributed by atoms with E-state index in [9.17, 15) is 9.90 Å². The second-order valence-corrected chi connectivity index (χ2v) is 7.09. The summed E-state index contributed by atoms with van der Waals surface area (Å²) in [7, 11) is 0. The quantitative estimate of drug-likeness (QED) is 0.834. The van der Waals surface area contributed by atoms with Crippen molar-refractivity contribution < 1.29 is 14.6 Å². The predicted octanol–water partition coefficient (Wildman–Crippen LogP) is 1.83. The second-order valence-electron chi connectivity index (χ2n) is 7.09. The summed E-state index contributed by atoms with van der Waals surface area (Å²) >= 11 is 0. The summed E-state index contributed by atoms with van der Waals surface area (Å²) in [6, 6.07) is 8.39. The molecule has 2 fully saturated rings. The molecule has 2 N–H and O–H groups in total. The molecule has 1 heterocycles. The van der Waals surface area contributed by atoms with Crippen molar-refractivity contribution in [3.63, 3.8) is 0 Å². The van der Waals surface area contributed by atoms with Crippen molar-refractivity contribution in [1.29, 1.82) is 0 Å². The molecule has 0 bridgehead atoms. The fourth-order valence-corrected chi connectivity index (χ4v) is 3.55. The van der Waals surface area contributed by atoms with Crippen molar-refractivity contribution in [3.05, 3.63) is 35.4 Å². The van der Waals surface area contributed by atoms with Crippen molar-refractivity contribution in [2.24, 2.45) is 0 Å². The van der Waals surface area contributed by atoms with Crippen LogP contribution in [0.1, 0.15) is 43.2 Å². The van der Waals surface area contributed by atoms with E-state index in [-0.39, 0.29) is 12.3 Å². The molecule has 1 saturated carbocycles. The number of nitrogens with zero attached hydrogens (tertiary/aromatic N) is 1. The maximum atomic E-state index is 12.0. The lowest BCUT2D eigenvalue weighted by molar-refractivity contribution is -0.126. The van der Waals surface area contributed by atoms with Crippen LogP contribution in [0.5, 0.6) is 0 Å². The predicted molar refractivity (Wildman–Crippen MR) is 92.4 cm³/mol. The normalized spacial score (nSPS) is 20.9. The Morgan fingerprint density at radius 1 is 1.12 bits per heavy atom. The van der Waals surface area contributed by atoms with Crippen LogP contribution in [0.25, 0.3) is 0 Å². The van der Waals surface area contributed by atoms with Crippen molar-refractivity contribution in [3.8, 4) is 0 Å². The number of amides is 1. The fourth-order valence-electron chi connectivity index (χ4n) is 3.55. The lowest BCUT2D eigenvalue weighted by Crippen LogP contribution is -2.35. The molecule has 132 valence electrons. The van der Waals surface area contributed by atoms with Crippen molar-refractivity contribution in [2.75, 3.05) is 26.3 Å². The largest absolute Gasteiger partial charge is 0.389 e. The summed E-state index contributed by atoms with van der Waals surface area (Å²) in [5, 5.41) is 13.2. The molecule has 0 aromatic heterocycles. The average molecular weight is 332 g/mol. The standard InChI is InChI=1S/C19H28N2O3/c22-18(13-19(23)7-1-2-8-19)20-14-16-3-5-17(6-4-16)15-21-9-11-24-12-10-21/h3-6,23H,1-2,7-15H2,(H,20,22). The highest BCUT2D eigenvalue weighted by molar-refractivity contribution is 5.77. The van der Waals surface area contributed by atoms with E-state index in [4.69, 9.17) is 4.74 Å². The summed E-state index contributed by atoms with van der Waals surface area (Å²) in [5.41, 5.74) is 1.60. The van der Waals surface area contributed by atoms with Gasteiger partial charge in [0.15, 0.2) is 0 Å². The molecule has 0 radical (unpaired) electrons. The van der Waals surface area contributed by atoms with Crippen LogP contribution in [0.4, 0.5) is 0 Å². The summed E-state index contributed by atoms with van der Waals surface area (Å²) in [4.78, 5) is 14.4. The number of rotatable bonds is 6. The van der Waals surface area contributed by atoms with Crippen LogP contribution in [-0.4, -0.2) is 47.8 Å². The SMILES string of the molecule is O=C(CC1(O)CCCC1)NCc1ccc(CN2CCOCC2)cc1. The summed E-state index contributed by atoms with van der Waals surface area (Å²) in [5.74, 6) is -0.0585. The zero-order chi connectivity index (χ0) is 16.8. The smallest absolute Gasteiger partial charge is 0.223 e. The number of hydrogen-bond donors (Lipinski definition) is 2. The third-order valence-electron chi connectivity index (χ3n) is 5.05. The number of morpholine rings is 1. The van der Waals surface area contributed by atoms with Crippen LogP contribution in [0.15, 0.2) is 24.3 Å². The summed E-state index contributed by atoms with van der Waals surface area (Å²) in [6.07, 6.45) is 3.76. The molecule has 5 heteroatoms. The van der Waals surface area contributed by atoms with Gasteiger partial charge >= 0.3 is 0 Å². The molecule has 3 rings (SSSR count). The van der Waals surface area contributed by atoms with Gasteiger partial charge in [-0.25, -0.2) is 0 Å². The molecule has 1 aliphatic carbocycles. The molecular formula is C19H28N2O3. The van der Waals surface area contributed by atoms with E-state index in [2.05, 4.69) is 34.5 Å². The van der Waals surface area contributed by atoms with E-state index in [1.807, 2.05) is 0 Å². The molecule has 0 unspecified atom stereocenters. The first kappa shape index (κ1) is 17.4. The van der Waals surface area contributed by atoms with E-state index >= 15 is 0 Å². The van der Waals surface area contributed by atoms with Crippen LogP contribution in [-0.2, 0) is 22.6 Å². The summed E-state index contributed by atoms with van der Waals surface area (Å²) in [6.45, 7) is 5.07. The maximum absolute atomic E-state index is 12.0. The lowest BCUT2D eigenvalue weighted by Gasteiger charge is -2.26. The second kappa shape index (κ2) is 8.10. The first-order valence-electron chi connectivity index (χ1n) is 9.00. The van der Waals surface area contributed by atoms with Gasteiger partial charge in [-0.2, -0.15) is 0 Å². The molecule has 1 aliphatic heterocycles. The minimum absolute atomic E-state index is 0.0585. The molecule has 1 aromatic rings. The van der Waals surface area contributed by atoms with Crippen molar-refractivity contribution in [1.82, 2.24) is 10.2 Å². The minimum Gasteiger partial charge on any atom is -0.389 e. The zero-order valence-corrected chi connectivity index (χ0v) is 14.3. The average Bonchev–Trinajstić information content (AvgIpc) is 3.01. The highest BCUT2D eigenvalue weighted by Gasteiger charge is 2.33. The third-order valence-corrected chi connectivity index (χ3v) is 5.05. The molecule has 0 atom stereocenters. The van der Waals surface area contributed by atoms with Crippen LogP contribution < -0.4 is 5.32 Å². The molecule has 0 spiro atoms. The Bertz CT molecular complexity index is 532. The number of carbonyl (C=O) groups is 1. The van der Waals surface area contributed by atoms with Gasteiger partial charge in [-0.3, -0.25) is 9.69 Å². The third kappa shape index (κ3) is 5.03. The van der Waals surface area contributed by atoms with E-state index in [1.54, 1.807) is 0 Å². The van der Waals surface area contributed by atoms with Crippen LogP contribution in [0.3, 0.4) is 0 Å². The van der Waals surface area contributed by atoms with Gasteiger partial charge in [0.25, 0.3) is 0 Å². The molecule has 24 heavy (non-hydrogen) atoms. The van der Waals surface area contributed by atoms with Crippen LogP contribution in [0.2, 0.25) is 0 Å². The van der Waals surface area contributed by atoms with E-state index < -0.39 is 5.60 Å². The number of hydrogen-bond acceptors (Lipinski definition) is 4. The number of carbonyl (C=O) groups excluding carboxylic acids is 1. The fraction of sp³-hybridized carbons (Fsp3) is 0.632. The molecule has 2 aliphatic rings. The zero-order valence-electron chi connectivity index (χ0n) is 14.3. The Labute approximate surface area is 144 Å².